The molecule has 0 saturated heterocycles. The molecule has 122 valence electrons. The summed E-state index contributed by atoms with van der Waals surface area (Å²) in [5.74, 6) is 0.655. The molecule has 5 heteroatoms. The number of benzene rings is 2. The number of para-hydroxylation sites is 1. The van der Waals surface area contributed by atoms with Gasteiger partial charge < -0.3 is 14.8 Å². The molecule has 0 aromatic heterocycles. The van der Waals surface area contributed by atoms with Crippen molar-refractivity contribution in [3.8, 4) is 11.5 Å². The van der Waals surface area contributed by atoms with E-state index in [1.807, 2.05) is 31.2 Å². The molecule has 0 fully saturated rings. The van der Waals surface area contributed by atoms with Crippen molar-refractivity contribution in [2.75, 3.05) is 13.7 Å². The summed E-state index contributed by atoms with van der Waals surface area (Å²) in [5, 5.41) is 2.85. The highest BCUT2D eigenvalue weighted by molar-refractivity contribution is 5.79. The number of rotatable bonds is 7. The Kier molecular flexibility index (Phi) is 5.97. The van der Waals surface area contributed by atoms with Crippen molar-refractivity contribution in [3.05, 3.63) is 59.9 Å². The minimum atomic E-state index is -0.352. The second-order valence-electron chi connectivity index (χ2n) is 5.23. The van der Waals surface area contributed by atoms with Crippen LogP contribution < -0.4 is 14.8 Å². The van der Waals surface area contributed by atoms with E-state index < -0.39 is 0 Å². The van der Waals surface area contributed by atoms with E-state index >= 15 is 0 Å². The summed E-state index contributed by atoms with van der Waals surface area (Å²) >= 11 is 0. The minimum absolute atomic E-state index is 0.121. The van der Waals surface area contributed by atoms with Crippen LogP contribution in [-0.4, -0.2) is 25.7 Å². The van der Waals surface area contributed by atoms with Gasteiger partial charge >= 0.3 is 0 Å². The van der Waals surface area contributed by atoms with E-state index in [4.69, 9.17) is 9.47 Å². The Morgan fingerprint density at radius 1 is 1.22 bits per heavy atom. The third kappa shape index (κ3) is 5.29. The number of amides is 1. The van der Waals surface area contributed by atoms with E-state index in [1.165, 1.54) is 12.1 Å². The normalized spacial score (nSPS) is 11.6. The summed E-state index contributed by atoms with van der Waals surface area (Å²) in [7, 11) is 1.58. The van der Waals surface area contributed by atoms with Crippen LogP contribution in [0.5, 0.6) is 11.5 Å². The Labute approximate surface area is 135 Å². The van der Waals surface area contributed by atoms with E-state index in [-0.39, 0.29) is 30.8 Å². The highest BCUT2D eigenvalue weighted by Crippen LogP contribution is 2.17. The molecule has 2 aromatic carbocycles. The summed E-state index contributed by atoms with van der Waals surface area (Å²) in [4.78, 5) is 12.1. The highest BCUT2D eigenvalue weighted by atomic mass is 19.1. The number of halogens is 1. The zero-order chi connectivity index (χ0) is 16.7. The van der Waals surface area contributed by atoms with Crippen molar-refractivity contribution in [1.29, 1.82) is 0 Å². The fourth-order valence-electron chi connectivity index (χ4n) is 2.17. The lowest BCUT2D eigenvalue weighted by atomic mass is 10.1. The molecule has 23 heavy (non-hydrogen) atoms. The van der Waals surface area contributed by atoms with Crippen molar-refractivity contribution in [2.45, 2.75) is 19.4 Å². The first-order valence-corrected chi connectivity index (χ1v) is 7.38. The van der Waals surface area contributed by atoms with Gasteiger partial charge in [0.2, 0.25) is 5.91 Å². The van der Waals surface area contributed by atoms with Gasteiger partial charge in [-0.2, -0.15) is 0 Å². The fraction of sp³-hybridized carbons (Fsp3) is 0.278. The molecular weight excluding hydrogens is 297 g/mol. The zero-order valence-electron chi connectivity index (χ0n) is 13.2. The van der Waals surface area contributed by atoms with E-state index in [1.54, 1.807) is 19.2 Å². The summed E-state index contributed by atoms with van der Waals surface area (Å²) in [6.07, 6.45) is 0.230. The molecule has 0 heterocycles. The summed E-state index contributed by atoms with van der Waals surface area (Å²) in [6, 6.07) is 13.1. The number of nitrogens with one attached hydrogen (secondary N) is 1. The van der Waals surface area contributed by atoms with Gasteiger partial charge in [0.05, 0.1) is 19.6 Å². The van der Waals surface area contributed by atoms with Crippen molar-refractivity contribution < 1.29 is 18.7 Å². The van der Waals surface area contributed by atoms with Gasteiger partial charge in [-0.15, -0.1) is 0 Å². The monoisotopic (exact) mass is 317 g/mol. The predicted octanol–water partition coefficient (Wildman–Crippen LogP) is 2.96. The first-order valence-electron chi connectivity index (χ1n) is 7.38. The lowest BCUT2D eigenvalue weighted by molar-refractivity contribution is -0.121. The van der Waals surface area contributed by atoms with Crippen LogP contribution in [0.1, 0.15) is 12.5 Å². The van der Waals surface area contributed by atoms with E-state index in [0.29, 0.717) is 11.5 Å². The standard InChI is InChI=1S/C18H20FNO3/c1-13(12-23-16-8-5-7-15(19)11-16)20-18(21)10-14-6-3-4-9-17(14)22-2/h3-9,11,13H,10,12H2,1-2H3,(H,20,21)/t13-/m0/s1. The molecule has 1 amide bonds. The summed E-state index contributed by atoms with van der Waals surface area (Å²) < 4.78 is 23.7. The van der Waals surface area contributed by atoms with Crippen LogP contribution in [0.3, 0.4) is 0 Å². The molecule has 0 aliphatic rings. The van der Waals surface area contributed by atoms with Crippen molar-refractivity contribution in [3.63, 3.8) is 0 Å². The van der Waals surface area contributed by atoms with E-state index in [9.17, 15) is 9.18 Å². The van der Waals surface area contributed by atoms with Crippen LogP contribution in [0.4, 0.5) is 4.39 Å². The van der Waals surface area contributed by atoms with Gasteiger partial charge in [-0.3, -0.25) is 4.79 Å². The van der Waals surface area contributed by atoms with Crippen LogP contribution in [0.25, 0.3) is 0 Å². The largest absolute Gasteiger partial charge is 0.496 e. The summed E-state index contributed by atoms with van der Waals surface area (Å²) in [6.45, 7) is 2.10. The van der Waals surface area contributed by atoms with Gasteiger partial charge in [-0.25, -0.2) is 4.39 Å². The molecule has 0 aliphatic carbocycles. The number of carbonyl (C=O) groups is 1. The molecule has 0 radical (unpaired) electrons. The number of ether oxygens (including phenoxy) is 2. The van der Waals surface area contributed by atoms with Crippen molar-refractivity contribution in [1.82, 2.24) is 5.32 Å². The molecule has 0 saturated carbocycles. The molecule has 0 unspecified atom stereocenters. The number of carbonyl (C=O) groups excluding carboxylic acids is 1. The molecule has 0 bridgehead atoms. The molecule has 0 aliphatic heterocycles. The zero-order valence-corrected chi connectivity index (χ0v) is 13.2. The predicted molar refractivity (Wildman–Crippen MR) is 86.2 cm³/mol. The average molecular weight is 317 g/mol. The fourth-order valence-corrected chi connectivity index (χ4v) is 2.17. The quantitative estimate of drug-likeness (QED) is 0.854. The second-order valence-corrected chi connectivity index (χ2v) is 5.23. The van der Waals surface area contributed by atoms with Crippen LogP contribution in [0, 0.1) is 5.82 Å². The number of hydrogen-bond donors (Lipinski definition) is 1. The molecule has 0 spiro atoms. The van der Waals surface area contributed by atoms with Gasteiger partial charge in [0.25, 0.3) is 0 Å². The Hall–Kier alpha value is -2.56. The van der Waals surface area contributed by atoms with Crippen LogP contribution in [0.2, 0.25) is 0 Å². The Balaban J connectivity index is 1.82. The second kappa shape index (κ2) is 8.17. The Bertz CT molecular complexity index is 660. The lowest BCUT2D eigenvalue weighted by Crippen LogP contribution is -2.37. The Morgan fingerprint density at radius 3 is 2.74 bits per heavy atom. The van der Waals surface area contributed by atoms with Gasteiger partial charge in [0.1, 0.15) is 23.9 Å². The smallest absolute Gasteiger partial charge is 0.224 e. The molecule has 1 N–H and O–H groups in total. The summed E-state index contributed by atoms with van der Waals surface area (Å²) in [5.41, 5.74) is 0.825. The van der Waals surface area contributed by atoms with E-state index in [2.05, 4.69) is 5.32 Å². The highest BCUT2D eigenvalue weighted by Gasteiger charge is 2.11. The van der Waals surface area contributed by atoms with Gasteiger partial charge in [0.15, 0.2) is 0 Å². The van der Waals surface area contributed by atoms with Gasteiger partial charge in [0, 0.05) is 11.6 Å². The third-order valence-electron chi connectivity index (χ3n) is 3.25. The molecule has 1 atom stereocenters. The Morgan fingerprint density at radius 2 is 2.00 bits per heavy atom. The lowest BCUT2D eigenvalue weighted by Gasteiger charge is -2.15. The molecule has 2 aromatic rings. The molecule has 4 nitrogen and oxygen atoms in total. The minimum Gasteiger partial charge on any atom is -0.496 e. The number of methoxy groups -OCH3 is 1. The maximum Gasteiger partial charge on any atom is 0.224 e. The number of hydrogen-bond acceptors (Lipinski definition) is 3. The van der Waals surface area contributed by atoms with E-state index in [0.717, 1.165) is 5.56 Å². The molecular formula is C18H20FNO3. The average Bonchev–Trinajstić information content (AvgIpc) is 2.53. The van der Waals surface area contributed by atoms with Crippen LogP contribution >= 0.6 is 0 Å². The van der Waals surface area contributed by atoms with Gasteiger partial charge in [-0.05, 0) is 25.1 Å². The van der Waals surface area contributed by atoms with Gasteiger partial charge in [-0.1, -0.05) is 24.3 Å². The maximum absolute atomic E-state index is 13.1. The SMILES string of the molecule is COc1ccccc1CC(=O)N[C@@H](C)COc1cccc(F)c1. The first-order chi connectivity index (χ1) is 11.1. The van der Waals surface area contributed by atoms with Crippen molar-refractivity contribution >= 4 is 5.91 Å². The first kappa shape index (κ1) is 16.8. The third-order valence-corrected chi connectivity index (χ3v) is 3.25. The van der Waals surface area contributed by atoms with Crippen molar-refractivity contribution in [2.24, 2.45) is 0 Å². The topological polar surface area (TPSA) is 47.6 Å². The van der Waals surface area contributed by atoms with Crippen LogP contribution in [0.15, 0.2) is 48.5 Å². The van der Waals surface area contributed by atoms with Crippen LogP contribution in [-0.2, 0) is 11.2 Å². The molecule has 2 rings (SSSR count). The maximum atomic E-state index is 13.1.